The second-order valence-corrected chi connectivity index (χ2v) is 11.0. The molecule has 0 N–H and O–H groups in total. The first-order valence-corrected chi connectivity index (χ1v) is 12.6. The molecule has 1 saturated heterocycles. The molecule has 1 spiro atoms. The molecule has 3 aromatic carbocycles. The lowest BCUT2D eigenvalue weighted by atomic mass is 9.63. The van der Waals surface area contributed by atoms with Crippen LogP contribution in [0.1, 0.15) is 70.1 Å². The van der Waals surface area contributed by atoms with Gasteiger partial charge in [0.05, 0.1) is 19.4 Å². The summed E-state index contributed by atoms with van der Waals surface area (Å²) in [5.74, 6) is -1.36. The van der Waals surface area contributed by atoms with Crippen molar-refractivity contribution in [2.45, 2.75) is 44.4 Å². The Bertz CT molecular complexity index is 1470. The summed E-state index contributed by atoms with van der Waals surface area (Å²) in [4.78, 5) is 43.1. The molecule has 0 aromatic heterocycles. The Hall–Kier alpha value is -4.26. The van der Waals surface area contributed by atoms with Gasteiger partial charge in [0.25, 0.3) is 0 Å². The number of ketones is 2. The number of esters is 1. The maximum Gasteiger partial charge on any atom is 0.331 e. The first kappa shape index (κ1) is 24.1. The number of hydrazone groups is 1. The van der Waals surface area contributed by atoms with Crippen LogP contribution in [0.4, 0.5) is 0 Å². The smallest absolute Gasteiger partial charge is 0.331 e. The molecule has 1 aliphatic carbocycles. The molecule has 0 saturated carbocycles. The Morgan fingerprint density at radius 3 is 2.11 bits per heavy atom. The largest absolute Gasteiger partial charge is 0.497 e. The van der Waals surface area contributed by atoms with Crippen molar-refractivity contribution >= 4 is 23.8 Å². The van der Waals surface area contributed by atoms with Gasteiger partial charge in [-0.1, -0.05) is 60.7 Å². The number of Topliss-reactive ketones (excluding diaryl/α,β-unsaturated/α-hetero) is 2. The van der Waals surface area contributed by atoms with Gasteiger partial charge in [-0.05, 0) is 49.6 Å². The lowest BCUT2D eigenvalue weighted by Crippen LogP contribution is -2.44. The number of benzene rings is 3. The topological polar surface area (TPSA) is 85.3 Å². The molecule has 192 valence electrons. The van der Waals surface area contributed by atoms with Crippen LogP contribution >= 0.6 is 0 Å². The van der Waals surface area contributed by atoms with E-state index in [0.717, 1.165) is 11.1 Å². The fourth-order valence-corrected chi connectivity index (χ4v) is 6.30. The van der Waals surface area contributed by atoms with Crippen LogP contribution in [0.5, 0.6) is 5.75 Å². The summed E-state index contributed by atoms with van der Waals surface area (Å²) in [7, 11) is 1.57. The van der Waals surface area contributed by atoms with Gasteiger partial charge in [0.2, 0.25) is 0 Å². The van der Waals surface area contributed by atoms with Crippen LogP contribution in [0.3, 0.4) is 0 Å². The number of fused-ring (bicyclic) bond motifs is 5. The van der Waals surface area contributed by atoms with Gasteiger partial charge >= 0.3 is 5.97 Å². The molecule has 2 heterocycles. The highest BCUT2D eigenvalue weighted by Crippen LogP contribution is 2.64. The molecule has 0 amide bonds. The van der Waals surface area contributed by atoms with Gasteiger partial charge in [-0.25, -0.2) is 4.79 Å². The number of ether oxygens (including phenoxy) is 2. The summed E-state index contributed by atoms with van der Waals surface area (Å²) < 4.78 is 11.3. The Balaban J connectivity index is 1.66. The highest BCUT2D eigenvalue weighted by atomic mass is 16.6. The van der Waals surface area contributed by atoms with Gasteiger partial charge < -0.3 is 9.47 Å². The van der Waals surface area contributed by atoms with Crippen molar-refractivity contribution in [1.82, 2.24) is 5.01 Å². The number of methoxy groups -OCH3 is 1. The van der Waals surface area contributed by atoms with Gasteiger partial charge in [0.15, 0.2) is 17.6 Å². The van der Waals surface area contributed by atoms with Gasteiger partial charge in [-0.3, -0.25) is 14.6 Å². The van der Waals surface area contributed by atoms with Gasteiger partial charge in [0, 0.05) is 17.0 Å². The lowest BCUT2D eigenvalue weighted by Gasteiger charge is -2.36. The van der Waals surface area contributed by atoms with Crippen LogP contribution in [-0.4, -0.2) is 47.5 Å². The Morgan fingerprint density at radius 2 is 1.50 bits per heavy atom. The summed E-state index contributed by atoms with van der Waals surface area (Å²) in [6.07, 6.45) is 1.68. The summed E-state index contributed by atoms with van der Waals surface area (Å²) in [6.45, 7) is 5.39. The molecule has 2 aliphatic heterocycles. The Kier molecular flexibility index (Phi) is 5.31. The molecular formula is C31H28N2O5. The Labute approximate surface area is 221 Å². The first-order chi connectivity index (χ1) is 18.2. The summed E-state index contributed by atoms with van der Waals surface area (Å²) in [5, 5.41) is 6.34. The second kappa shape index (κ2) is 8.38. The molecule has 0 bridgehead atoms. The van der Waals surface area contributed by atoms with Gasteiger partial charge in [0.1, 0.15) is 16.8 Å². The van der Waals surface area contributed by atoms with E-state index in [1.807, 2.05) is 36.4 Å². The molecule has 3 aliphatic rings. The van der Waals surface area contributed by atoms with Crippen LogP contribution in [-0.2, 0) is 9.53 Å². The summed E-state index contributed by atoms with van der Waals surface area (Å²) >= 11 is 0. The third-order valence-electron chi connectivity index (χ3n) is 7.70. The van der Waals surface area contributed by atoms with Crippen LogP contribution in [0, 0.1) is 5.41 Å². The predicted molar refractivity (Wildman–Crippen MR) is 142 cm³/mol. The standard InChI is InChI=1S/C31H28N2O5/c1-30(2,3)38-29(36)25-24(18-13-15-20(37-4)16-14-18)31(27(34)22-11-7-8-12-23(22)28(31)35)26-21-10-6-5-9-19(21)17-32-33(25)26/h5-17,24-26H,1-4H3/t24-,25+,26-/m0/s1. The molecule has 3 atom stereocenters. The van der Waals surface area contributed by atoms with Crippen molar-refractivity contribution in [2.75, 3.05) is 7.11 Å². The van der Waals surface area contributed by atoms with E-state index in [1.54, 1.807) is 75.5 Å². The van der Waals surface area contributed by atoms with E-state index in [1.165, 1.54) is 0 Å². The van der Waals surface area contributed by atoms with E-state index >= 15 is 0 Å². The van der Waals surface area contributed by atoms with Crippen molar-refractivity contribution in [3.05, 3.63) is 101 Å². The van der Waals surface area contributed by atoms with Crippen LogP contribution in [0.2, 0.25) is 0 Å². The fraction of sp³-hybridized carbons (Fsp3) is 0.290. The normalized spacial score (nSPS) is 22.7. The minimum atomic E-state index is -1.62. The zero-order chi connectivity index (χ0) is 26.8. The van der Waals surface area contributed by atoms with E-state index in [9.17, 15) is 14.4 Å². The van der Waals surface area contributed by atoms with Crippen molar-refractivity contribution in [3.8, 4) is 5.75 Å². The molecule has 6 rings (SSSR count). The molecule has 1 fully saturated rings. The minimum Gasteiger partial charge on any atom is -0.497 e. The average molecular weight is 509 g/mol. The molecule has 7 heteroatoms. The monoisotopic (exact) mass is 508 g/mol. The molecular weight excluding hydrogens is 480 g/mol. The third-order valence-corrected chi connectivity index (χ3v) is 7.70. The maximum atomic E-state index is 14.6. The highest BCUT2D eigenvalue weighted by Gasteiger charge is 2.73. The highest BCUT2D eigenvalue weighted by molar-refractivity contribution is 6.31. The number of hydrogen-bond acceptors (Lipinski definition) is 7. The summed E-state index contributed by atoms with van der Waals surface area (Å²) in [6, 6.07) is 19.9. The summed E-state index contributed by atoms with van der Waals surface area (Å²) in [5.41, 5.74) is 0.591. The average Bonchev–Trinajstić information content (AvgIpc) is 3.34. The van der Waals surface area contributed by atoms with Crippen molar-refractivity contribution < 1.29 is 23.9 Å². The Morgan fingerprint density at radius 1 is 0.895 bits per heavy atom. The number of carbonyl (C=O) groups excluding carboxylic acids is 3. The molecule has 7 nitrogen and oxygen atoms in total. The van der Waals surface area contributed by atoms with E-state index in [4.69, 9.17) is 14.6 Å². The van der Waals surface area contributed by atoms with E-state index in [0.29, 0.717) is 22.4 Å². The van der Waals surface area contributed by atoms with E-state index < -0.39 is 35.0 Å². The number of rotatable bonds is 3. The quantitative estimate of drug-likeness (QED) is 0.367. The molecule has 0 unspecified atom stereocenters. The second-order valence-electron chi connectivity index (χ2n) is 11.0. The zero-order valence-electron chi connectivity index (χ0n) is 21.7. The number of nitrogens with zero attached hydrogens (tertiary/aromatic N) is 2. The predicted octanol–water partition coefficient (Wildman–Crippen LogP) is 4.96. The van der Waals surface area contributed by atoms with Crippen molar-refractivity contribution in [3.63, 3.8) is 0 Å². The SMILES string of the molecule is COc1ccc([C@H]2[C@H](C(=O)OC(C)(C)C)N3N=Cc4ccccc4[C@H]3C23C(=O)c2ccccc2C3=O)cc1. The minimum absolute atomic E-state index is 0.299. The maximum absolute atomic E-state index is 14.6. The van der Waals surface area contributed by atoms with Crippen LogP contribution in [0.15, 0.2) is 77.9 Å². The molecule has 38 heavy (non-hydrogen) atoms. The lowest BCUT2D eigenvalue weighted by molar-refractivity contribution is -0.161. The van der Waals surface area contributed by atoms with E-state index in [2.05, 4.69) is 0 Å². The number of carbonyl (C=O) groups is 3. The first-order valence-electron chi connectivity index (χ1n) is 12.6. The van der Waals surface area contributed by atoms with Crippen LogP contribution in [0.25, 0.3) is 0 Å². The van der Waals surface area contributed by atoms with Crippen molar-refractivity contribution in [2.24, 2.45) is 10.5 Å². The molecule has 3 aromatic rings. The number of hydrogen-bond donors (Lipinski definition) is 0. The van der Waals surface area contributed by atoms with Gasteiger partial charge in [-0.2, -0.15) is 5.10 Å². The van der Waals surface area contributed by atoms with E-state index in [-0.39, 0.29) is 11.6 Å². The fourth-order valence-electron chi connectivity index (χ4n) is 6.30. The van der Waals surface area contributed by atoms with Crippen molar-refractivity contribution in [1.29, 1.82) is 0 Å². The van der Waals surface area contributed by atoms with Crippen LogP contribution < -0.4 is 4.74 Å². The molecule has 0 radical (unpaired) electrons. The van der Waals surface area contributed by atoms with Gasteiger partial charge in [-0.15, -0.1) is 0 Å². The third kappa shape index (κ3) is 3.27. The zero-order valence-corrected chi connectivity index (χ0v) is 21.7.